The van der Waals surface area contributed by atoms with E-state index in [9.17, 15) is 13.6 Å². The van der Waals surface area contributed by atoms with Crippen molar-refractivity contribution in [3.05, 3.63) is 53.7 Å². The summed E-state index contributed by atoms with van der Waals surface area (Å²) in [7, 11) is 0. The van der Waals surface area contributed by atoms with E-state index in [1.54, 1.807) is 19.1 Å². The molecule has 0 aliphatic rings. The Kier molecular flexibility index (Phi) is 4.24. The van der Waals surface area contributed by atoms with Crippen molar-refractivity contribution in [1.29, 1.82) is 0 Å². The van der Waals surface area contributed by atoms with Gasteiger partial charge in [-0.1, -0.05) is 0 Å². The summed E-state index contributed by atoms with van der Waals surface area (Å²) in [6.07, 6.45) is 1.49. The monoisotopic (exact) mass is 278 g/mol. The van der Waals surface area contributed by atoms with Crippen molar-refractivity contribution >= 4 is 11.7 Å². The van der Waals surface area contributed by atoms with Crippen LogP contribution in [0.15, 0.2) is 36.5 Å². The molecule has 0 aliphatic carbocycles. The van der Waals surface area contributed by atoms with Gasteiger partial charge in [0.1, 0.15) is 0 Å². The zero-order chi connectivity index (χ0) is 14.5. The molecule has 0 unspecified atom stereocenters. The van der Waals surface area contributed by atoms with Crippen LogP contribution in [0.3, 0.4) is 0 Å². The third kappa shape index (κ3) is 3.09. The van der Waals surface area contributed by atoms with E-state index in [1.165, 1.54) is 12.3 Å². The second-order valence-corrected chi connectivity index (χ2v) is 3.87. The molecule has 0 fully saturated rings. The van der Waals surface area contributed by atoms with Crippen LogP contribution >= 0.6 is 0 Å². The number of ether oxygens (including phenoxy) is 1. The Balaban J connectivity index is 2.21. The maximum absolute atomic E-state index is 13.1. The predicted molar refractivity (Wildman–Crippen MR) is 69.7 cm³/mol. The number of rotatable bonds is 4. The molecular weight excluding hydrogens is 266 g/mol. The summed E-state index contributed by atoms with van der Waals surface area (Å²) >= 11 is 0. The second-order valence-electron chi connectivity index (χ2n) is 3.87. The number of aromatic nitrogens is 1. The number of anilines is 1. The first-order chi connectivity index (χ1) is 9.61. The molecule has 0 bridgehead atoms. The van der Waals surface area contributed by atoms with Crippen molar-refractivity contribution in [2.24, 2.45) is 0 Å². The van der Waals surface area contributed by atoms with E-state index >= 15 is 0 Å². The van der Waals surface area contributed by atoms with Gasteiger partial charge < -0.3 is 10.1 Å². The number of carbonyl (C=O) groups is 1. The zero-order valence-electron chi connectivity index (χ0n) is 10.7. The molecule has 1 heterocycles. The average Bonchev–Trinajstić information content (AvgIpc) is 2.44. The predicted octanol–water partition coefficient (Wildman–Crippen LogP) is 3.01. The molecule has 0 saturated heterocycles. The van der Waals surface area contributed by atoms with Crippen molar-refractivity contribution in [2.75, 3.05) is 11.9 Å². The molecule has 0 aliphatic heterocycles. The van der Waals surface area contributed by atoms with Gasteiger partial charge in [-0.3, -0.25) is 4.79 Å². The summed E-state index contributed by atoms with van der Waals surface area (Å²) in [5.41, 5.74) is -0.00278. The van der Waals surface area contributed by atoms with Crippen LogP contribution in [0.5, 0.6) is 5.75 Å². The van der Waals surface area contributed by atoms with E-state index in [4.69, 9.17) is 4.74 Å². The highest BCUT2D eigenvalue weighted by Crippen LogP contribution is 2.21. The molecule has 6 heteroatoms. The van der Waals surface area contributed by atoms with E-state index in [-0.39, 0.29) is 11.4 Å². The quantitative estimate of drug-likeness (QED) is 0.935. The fourth-order valence-electron chi connectivity index (χ4n) is 1.57. The number of nitrogens with zero attached hydrogens (tertiary/aromatic N) is 1. The minimum atomic E-state index is -1.08. The van der Waals surface area contributed by atoms with Gasteiger partial charge in [0, 0.05) is 11.8 Å². The fourth-order valence-corrected chi connectivity index (χ4v) is 1.57. The van der Waals surface area contributed by atoms with Gasteiger partial charge in [-0.05, 0) is 37.3 Å². The van der Waals surface area contributed by atoms with Crippen LogP contribution in [0.25, 0.3) is 0 Å². The molecule has 20 heavy (non-hydrogen) atoms. The van der Waals surface area contributed by atoms with Crippen molar-refractivity contribution in [1.82, 2.24) is 4.98 Å². The van der Waals surface area contributed by atoms with Gasteiger partial charge in [-0.2, -0.15) is 0 Å². The third-order valence-electron chi connectivity index (χ3n) is 2.48. The van der Waals surface area contributed by atoms with E-state index in [2.05, 4.69) is 10.3 Å². The zero-order valence-corrected chi connectivity index (χ0v) is 10.7. The van der Waals surface area contributed by atoms with Crippen molar-refractivity contribution in [3.8, 4) is 5.75 Å². The molecule has 104 valence electrons. The Morgan fingerprint density at radius 1 is 1.30 bits per heavy atom. The molecular formula is C14H12F2N2O2. The molecule has 2 aromatic rings. The summed E-state index contributed by atoms with van der Waals surface area (Å²) in [6.45, 7) is 2.22. The molecule has 2 rings (SSSR count). The van der Waals surface area contributed by atoms with Crippen molar-refractivity contribution < 1.29 is 18.3 Å². The summed E-state index contributed by atoms with van der Waals surface area (Å²) in [6, 6.07) is 6.23. The van der Waals surface area contributed by atoms with E-state index < -0.39 is 17.5 Å². The van der Waals surface area contributed by atoms with E-state index in [0.29, 0.717) is 12.4 Å². The molecule has 1 amide bonds. The normalized spacial score (nSPS) is 10.2. The van der Waals surface area contributed by atoms with E-state index in [1.807, 2.05) is 0 Å². The van der Waals surface area contributed by atoms with Gasteiger partial charge >= 0.3 is 0 Å². The summed E-state index contributed by atoms with van der Waals surface area (Å²) in [4.78, 5) is 15.9. The van der Waals surface area contributed by atoms with Crippen LogP contribution in [0.1, 0.15) is 17.3 Å². The first-order valence-electron chi connectivity index (χ1n) is 5.96. The molecule has 0 atom stereocenters. The molecule has 4 nitrogen and oxygen atoms in total. The lowest BCUT2D eigenvalue weighted by molar-refractivity contribution is 0.102. The largest absolute Gasteiger partial charge is 0.490 e. The lowest BCUT2D eigenvalue weighted by Crippen LogP contribution is -2.14. The van der Waals surface area contributed by atoms with Crippen LogP contribution in [0.2, 0.25) is 0 Å². The van der Waals surface area contributed by atoms with Crippen LogP contribution < -0.4 is 10.1 Å². The molecule has 0 radical (unpaired) electrons. The minimum Gasteiger partial charge on any atom is -0.490 e. The number of halogens is 2. The van der Waals surface area contributed by atoms with Crippen LogP contribution in [0, 0.1) is 11.6 Å². The van der Waals surface area contributed by atoms with Crippen molar-refractivity contribution in [3.63, 3.8) is 0 Å². The Bertz CT molecular complexity index is 632. The number of nitrogens with one attached hydrogen (secondary N) is 1. The van der Waals surface area contributed by atoms with Crippen LogP contribution in [-0.4, -0.2) is 17.5 Å². The molecule has 0 spiro atoms. The first kappa shape index (κ1) is 13.9. The topological polar surface area (TPSA) is 51.2 Å². The number of pyridine rings is 1. The van der Waals surface area contributed by atoms with Gasteiger partial charge in [0.15, 0.2) is 23.2 Å². The second kappa shape index (κ2) is 6.10. The number of hydrogen-bond donors (Lipinski definition) is 1. The maximum Gasteiger partial charge on any atom is 0.257 e. The van der Waals surface area contributed by atoms with Gasteiger partial charge in [0.05, 0.1) is 6.61 Å². The highest BCUT2D eigenvalue weighted by molar-refractivity contribution is 6.04. The number of benzene rings is 1. The molecule has 1 aromatic heterocycles. The first-order valence-corrected chi connectivity index (χ1v) is 5.96. The highest BCUT2D eigenvalue weighted by atomic mass is 19.2. The number of amides is 1. The Labute approximate surface area is 114 Å². The molecule has 0 saturated carbocycles. The molecule has 1 N–H and O–H groups in total. The van der Waals surface area contributed by atoms with Crippen LogP contribution in [0.4, 0.5) is 14.6 Å². The Morgan fingerprint density at radius 3 is 2.80 bits per heavy atom. The molecule has 1 aromatic carbocycles. The number of hydrogen-bond acceptors (Lipinski definition) is 3. The fraction of sp³-hybridized carbons (Fsp3) is 0.143. The highest BCUT2D eigenvalue weighted by Gasteiger charge is 2.13. The standard InChI is InChI=1S/C14H12F2N2O2/c1-2-20-12-4-3-7-17-13(12)18-14(19)9-5-6-10(15)11(16)8-9/h3-8H,2H2,1H3,(H,17,18,19). The SMILES string of the molecule is CCOc1cccnc1NC(=O)c1ccc(F)c(F)c1. The average molecular weight is 278 g/mol. The Morgan fingerprint density at radius 2 is 2.10 bits per heavy atom. The van der Waals surface area contributed by atoms with Gasteiger partial charge in [-0.25, -0.2) is 13.8 Å². The van der Waals surface area contributed by atoms with Gasteiger partial charge in [0.25, 0.3) is 5.91 Å². The third-order valence-corrected chi connectivity index (χ3v) is 2.48. The van der Waals surface area contributed by atoms with Gasteiger partial charge in [0.2, 0.25) is 0 Å². The summed E-state index contributed by atoms with van der Waals surface area (Å²) in [5, 5.41) is 2.49. The van der Waals surface area contributed by atoms with E-state index in [0.717, 1.165) is 12.1 Å². The number of carbonyl (C=O) groups excluding carboxylic acids is 1. The Hall–Kier alpha value is -2.50. The minimum absolute atomic E-state index is 0.00278. The van der Waals surface area contributed by atoms with Crippen molar-refractivity contribution in [2.45, 2.75) is 6.92 Å². The van der Waals surface area contributed by atoms with Crippen LogP contribution in [-0.2, 0) is 0 Å². The lowest BCUT2D eigenvalue weighted by atomic mass is 10.2. The lowest BCUT2D eigenvalue weighted by Gasteiger charge is -2.10. The van der Waals surface area contributed by atoms with Gasteiger partial charge in [-0.15, -0.1) is 0 Å². The smallest absolute Gasteiger partial charge is 0.257 e. The summed E-state index contributed by atoms with van der Waals surface area (Å²) in [5.74, 6) is -2.04. The summed E-state index contributed by atoms with van der Waals surface area (Å²) < 4.78 is 31.2. The maximum atomic E-state index is 13.1.